The van der Waals surface area contributed by atoms with E-state index < -0.39 is 21.5 Å². The number of benzene rings is 1. The molecule has 1 aromatic carbocycles. The summed E-state index contributed by atoms with van der Waals surface area (Å²) in [5, 5.41) is 2.66. The molecular weight excluding hydrogens is 314 g/mol. The first-order chi connectivity index (χ1) is 10.8. The highest BCUT2D eigenvalue weighted by molar-refractivity contribution is 7.91. The van der Waals surface area contributed by atoms with Crippen LogP contribution >= 0.6 is 0 Å². The number of nitrogens with zero attached hydrogens (tertiary/aromatic N) is 2. The fourth-order valence-electron chi connectivity index (χ4n) is 2.14. The molecule has 1 amide bonds. The molecule has 1 heterocycles. The number of hydrogen-bond donors (Lipinski definition) is 1. The molecule has 0 saturated carbocycles. The molecule has 23 heavy (non-hydrogen) atoms. The molecule has 0 aliphatic rings. The van der Waals surface area contributed by atoms with Crippen molar-refractivity contribution in [2.24, 2.45) is 0 Å². The highest BCUT2D eigenvalue weighted by Gasteiger charge is 2.20. The van der Waals surface area contributed by atoms with Gasteiger partial charge >= 0.3 is 0 Å². The molecule has 1 atom stereocenters. The van der Waals surface area contributed by atoms with Crippen molar-refractivity contribution in [2.45, 2.75) is 39.0 Å². The van der Waals surface area contributed by atoms with E-state index in [2.05, 4.69) is 15.3 Å². The van der Waals surface area contributed by atoms with Gasteiger partial charge in [-0.1, -0.05) is 19.1 Å². The number of carbonyl (C=O) groups excluding carboxylic acids is 1. The van der Waals surface area contributed by atoms with Gasteiger partial charge in [-0.15, -0.1) is 0 Å². The molecule has 0 aliphatic heterocycles. The zero-order valence-electron chi connectivity index (χ0n) is 13.5. The summed E-state index contributed by atoms with van der Waals surface area (Å²) in [5.41, 5.74) is 2.32. The number of nitrogens with one attached hydrogen (secondary N) is 1. The average Bonchev–Trinajstić information content (AvgIpc) is 2.46. The van der Waals surface area contributed by atoms with E-state index in [1.54, 1.807) is 13.0 Å². The summed E-state index contributed by atoms with van der Waals surface area (Å²) >= 11 is 0. The van der Waals surface area contributed by atoms with Gasteiger partial charge in [0, 0.05) is 6.04 Å². The Labute approximate surface area is 136 Å². The highest BCUT2D eigenvalue weighted by Crippen LogP contribution is 2.14. The number of rotatable bonds is 6. The van der Waals surface area contributed by atoms with Crippen LogP contribution in [0.5, 0.6) is 0 Å². The number of carbonyl (C=O) groups is 1. The van der Waals surface area contributed by atoms with Gasteiger partial charge < -0.3 is 5.32 Å². The van der Waals surface area contributed by atoms with Crippen molar-refractivity contribution in [3.05, 3.63) is 35.7 Å². The quantitative estimate of drug-likeness (QED) is 0.869. The molecule has 6 nitrogen and oxygen atoms in total. The summed E-state index contributed by atoms with van der Waals surface area (Å²) in [6.07, 6.45) is 0.751. The predicted molar refractivity (Wildman–Crippen MR) is 89.7 cm³/mol. The number of sulfone groups is 1. The van der Waals surface area contributed by atoms with Gasteiger partial charge in [0.15, 0.2) is 9.84 Å². The Hall–Kier alpha value is -2.02. The first-order valence-electron chi connectivity index (χ1n) is 7.53. The molecule has 0 bridgehead atoms. The monoisotopic (exact) mass is 335 g/mol. The molecule has 0 radical (unpaired) electrons. The second-order valence-corrected chi connectivity index (χ2v) is 7.72. The molecule has 7 heteroatoms. The fourth-order valence-corrected chi connectivity index (χ4v) is 3.41. The lowest BCUT2D eigenvalue weighted by Crippen LogP contribution is -2.36. The van der Waals surface area contributed by atoms with Gasteiger partial charge in [-0.2, -0.15) is 0 Å². The van der Waals surface area contributed by atoms with Gasteiger partial charge in [0.1, 0.15) is 5.75 Å². The Morgan fingerprint density at radius 2 is 1.83 bits per heavy atom. The van der Waals surface area contributed by atoms with Crippen molar-refractivity contribution in [3.8, 4) is 0 Å². The van der Waals surface area contributed by atoms with Crippen LogP contribution in [0.4, 0.5) is 0 Å². The standard InChI is InChI=1S/C16H21N3O3S/c1-4-11(2)17-16(20)10-23(21,22)9-15-12(3)18-13-7-5-6-8-14(13)19-15/h5-8,11H,4,9-10H2,1-3H3,(H,17,20)/t11-/m0/s1. The molecule has 0 unspecified atom stereocenters. The minimum absolute atomic E-state index is 0.0418. The lowest BCUT2D eigenvalue weighted by Gasteiger charge is -2.12. The van der Waals surface area contributed by atoms with Crippen molar-refractivity contribution in [3.63, 3.8) is 0 Å². The summed E-state index contributed by atoms with van der Waals surface area (Å²) in [5.74, 6) is -1.30. The van der Waals surface area contributed by atoms with E-state index in [9.17, 15) is 13.2 Å². The third-order valence-electron chi connectivity index (χ3n) is 3.57. The minimum Gasteiger partial charge on any atom is -0.353 e. The van der Waals surface area contributed by atoms with Crippen LogP contribution in [-0.2, 0) is 20.4 Å². The first-order valence-corrected chi connectivity index (χ1v) is 9.35. The van der Waals surface area contributed by atoms with Crippen LogP contribution in [0.2, 0.25) is 0 Å². The molecule has 0 spiro atoms. The molecule has 124 valence electrons. The maximum atomic E-state index is 12.2. The Morgan fingerprint density at radius 1 is 1.22 bits per heavy atom. The van der Waals surface area contributed by atoms with E-state index >= 15 is 0 Å². The maximum absolute atomic E-state index is 12.2. The Morgan fingerprint density at radius 3 is 2.43 bits per heavy atom. The van der Waals surface area contributed by atoms with Crippen molar-refractivity contribution in [2.75, 3.05) is 5.75 Å². The van der Waals surface area contributed by atoms with Crippen LogP contribution in [-0.4, -0.2) is 36.1 Å². The summed E-state index contributed by atoms with van der Waals surface area (Å²) < 4.78 is 24.5. The number of para-hydroxylation sites is 2. The van der Waals surface area contributed by atoms with Crippen LogP contribution < -0.4 is 5.32 Å². The van der Waals surface area contributed by atoms with Gasteiger partial charge in [0.2, 0.25) is 5.91 Å². The van der Waals surface area contributed by atoms with Gasteiger partial charge in [-0.05, 0) is 32.4 Å². The molecule has 2 rings (SSSR count). The summed E-state index contributed by atoms with van der Waals surface area (Å²) in [6.45, 7) is 5.49. The molecule has 0 fully saturated rings. The molecular formula is C16H21N3O3S. The molecule has 2 aromatic rings. The number of aromatic nitrogens is 2. The molecule has 1 N–H and O–H groups in total. The van der Waals surface area contributed by atoms with Crippen molar-refractivity contribution in [1.29, 1.82) is 0 Å². The highest BCUT2D eigenvalue weighted by atomic mass is 32.2. The Balaban J connectivity index is 2.17. The van der Waals surface area contributed by atoms with Crippen molar-refractivity contribution >= 4 is 26.8 Å². The second-order valence-electron chi connectivity index (χ2n) is 5.65. The molecule has 0 saturated heterocycles. The van der Waals surface area contributed by atoms with Crippen molar-refractivity contribution in [1.82, 2.24) is 15.3 Å². The van der Waals surface area contributed by atoms with Crippen molar-refractivity contribution < 1.29 is 13.2 Å². The predicted octanol–water partition coefficient (Wildman–Crippen LogP) is 1.77. The number of hydrogen-bond acceptors (Lipinski definition) is 5. The van der Waals surface area contributed by atoms with E-state index in [0.717, 1.165) is 11.9 Å². The lowest BCUT2D eigenvalue weighted by atomic mass is 10.2. The van der Waals surface area contributed by atoms with Crippen LogP contribution in [0, 0.1) is 6.92 Å². The lowest BCUT2D eigenvalue weighted by molar-refractivity contribution is -0.119. The smallest absolute Gasteiger partial charge is 0.235 e. The van der Waals surface area contributed by atoms with Crippen LogP contribution in [0.1, 0.15) is 31.7 Å². The van der Waals surface area contributed by atoms with E-state index in [4.69, 9.17) is 0 Å². The summed E-state index contributed by atoms with van der Waals surface area (Å²) in [7, 11) is -3.59. The van der Waals surface area contributed by atoms with E-state index in [0.29, 0.717) is 16.9 Å². The SMILES string of the molecule is CC[C@H](C)NC(=O)CS(=O)(=O)Cc1nc2ccccc2nc1C. The number of fused-ring (bicyclic) bond motifs is 1. The van der Waals surface area contributed by atoms with Gasteiger partial charge in [0.05, 0.1) is 28.2 Å². The van der Waals surface area contributed by atoms with Gasteiger partial charge in [0.25, 0.3) is 0 Å². The average molecular weight is 335 g/mol. The third kappa shape index (κ3) is 4.72. The van der Waals surface area contributed by atoms with E-state index in [1.807, 2.05) is 32.0 Å². The topological polar surface area (TPSA) is 89.0 Å². The summed E-state index contributed by atoms with van der Waals surface area (Å²) in [6, 6.07) is 7.25. The number of aryl methyl sites for hydroxylation is 1. The Kier molecular flexibility index (Phi) is 5.30. The maximum Gasteiger partial charge on any atom is 0.235 e. The van der Waals surface area contributed by atoms with E-state index in [-0.39, 0.29) is 11.8 Å². The fraction of sp³-hybridized carbons (Fsp3) is 0.438. The van der Waals surface area contributed by atoms with Gasteiger partial charge in [-0.3, -0.25) is 4.79 Å². The first kappa shape index (κ1) is 17.3. The third-order valence-corrected chi connectivity index (χ3v) is 4.99. The van der Waals surface area contributed by atoms with Gasteiger partial charge in [-0.25, -0.2) is 18.4 Å². The van der Waals surface area contributed by atoms with E-state index in [1.165, 1.54) is 0 Å². The molecule has 1 aromatic heterocycles. The summed E-state index contributed by atoms with van der Waals surface area (Å²) in [4.78, 5) is 20.5. The van der Waals surface area contributed by atoms with Crippen LogP contribution in [0.3, 0.4) is 0 Å². The normalized spacial score (nSPS) is 13.0. The van der Waals surface area contributed by atoms with Crippen LogP contribution in [0.25, 0.3) is 11.0 Å². The molecule has 0 aliphatic carbocycles. The zero-order chi connectivity index (χ0) is 17.0. The second kappa shape index (κ2) is 7.04. The largest absolute Gasteiger partial charge is 0.353 e. The minimum atomic E-state index is -3.59. The number of amides is 1. The Bertz CT molecular complexity index is 818. The zero-order valence-corrected chi connectivity index (χ0v) is 14.4. The van der Waals surface area contributed by atoms with Crippen LogP contribution in [0.15, 0.2) is 24.3 Å².